The minimum Gasteiger partial charge on any atom is -0.469 e. The third-order valence-corrected chi connectivity index (χ3v) is 6.62. The molecule has 0 unspecified atom stereocenters. The predicted octanol–water partition coefficient (Wildman–Crippen LogP) is 4.34. The van der Waals surface area contributed by atoms with E-state index < -0.39 is 5.97 Å². The third kappa shape index (κ3) is 5.35. The van der Waals surface area contributed by atoms with Crippen molar-refractivity contribution in [1.29, 1.82) is 0 Å². The van der Waals surface area contributed by atoms with Crippen molar-refractivity contribution in [2.45, 2.75) is 12.8 Å². The number of furan rings is 1. The molecule has 2 aromatic heterocycles. The summed E-state index contributed by atoms with van der Waals surface area (Å²) in [5.74, 6) is 0.308. The van der Waals surface area contributed by atoms with Crippen LogP contribution in [0.25, 0.3) is 33.6 Å². The molecular formula is C28H28FN5O4. The van der Waals surface area contributed by atoms with Gasteiger partial charge in [0.15, 0.2) is 0 Å². The second-order valence-electron chi connectivity index (χ2n) is 9.18. The van der Waals surface area contributed by atoms with E-state index in [1.165, 1.54) is 25.6 Å². The Hall–Kier alpha value is -4.31. The number of hydrogen-bond acceptors (Lipinski definition) is 8. The summed E-state index contributed by atoms with van der Waals surface area (Å²) in [6.45, 7) is 3.45. The first kappa shape index (κ1) is 25.3. The molecule has 1 aliphatic rings. The van der Waals surface area contributed by atoms with Gasteiger partial charge in [0.1, 0.15) is 23.7 Å². The van der Waals surface area contributed by atoms with Gasteiger partial charge in [0, 0.05) is 49.4 Å². The largest absolute Gasteiger partial charge is 0.469 e. The van der Waals surface area contributed by atoms with E-state index in [0.717, 1.165) is 54.1 Å². The number of methoxy groups -OCH3 is 1. The number of carbonyl (C=O) groups is 2. The number of benzene rings is 2. The number of aromatic nitrogens is 2. The summed E-state index contributed by atoms with van der Waals surface area (Å²) < 4.78 is 24.7. The first-order valence-electron chi connectivity index (χ1n) is 12.4. The normalized spacial score (nSPS) is 14.0. The molecule has 1 aliphatic heterocycles. The molecule has 0 spiro atoms. The van der Waals surface area contributed by atoms with Crippen LogP contribution in [-0.4, -0.2) is 67.1 Å². The van der Waals surface area contributed by atoms with Crippen molar-refractivity contribution in [2.24, 2.45) is 0 Å². The Morgan fingerprint density at radius 2 is 1.66 bits per heavy atom. The number of rotatable bonds is 7. The molecule has 4 aromatic rings. The zero-order chi connectivity index (χ0) is 26.6. The van der Waals surface area contributed by atoms with Crippen LogP contribution in [0, 0.1) is 5.82 Å². The summed E-state index contributed by atoms with van der Waals surface area (Å²) in [5, 5.41) is 3.56. The highest BCUT2D eigenvalue weighted by atomic mass is 19.1. The SMILES string of the molecule is COC(=O)CCC(=O)Nc1ccc(-c2oc3ncnc(N4CCN(C)CC4)c3c2-c2ccc(F)cc2)cc1. The van der Waals surface area contributed by atoms with Crippen LogP contribution in [0.3, 0.4) is 0 Å². The van der Waals surface area contributed by atoms with Gasteiger partial charge in [-0.25, -0.2) is 14.4 Å². The van der Waals surface area contributed by atoms with Gasteiger partial charge in [0.25, 0.3) is 0 Å². The number of piperazine rings is 1. The van der Waals surface area contributed by atoms with Crippen molar-refractivity contribution in [3.63, 3.8) is 0 Å². The second kappa shape index (κ2) is 11.0. The van der Waals surface area contributed by atoms with Gasteiger partial charge in [0.2, 0.25) is 11.6 Å². The molecule has 0 aliphatic carbocycles. The number of halogens is 1. The standard InChI is InChI=1S/C28H28FN5O4/c1-33-13-15-34(16-14-33)27-25-24(18-3-7-20(29)8-4-18)26(38-28(25)31-17-30-27)19-5-9-21(10-6-19)32-22(35)11-12-23(36)37-2/h3-10,17H,11-16H2,1-2H3,(H,32,35). The molecule has 1 amide bonds. The Balaban J connectivity index is 1.52. The minimum atomic E-state index is -0.437. The van der Waals surface area contributed by atoms with E-state index in [4.69, 9.17) is 4.42 Å². The van der Waals surface area contributed by atoms with Crippen molar-refractivity contribution >= 4 is 34.5 Å². The van der Waals surface area contributed by atoms with Crippen LogP contribution >= 0.6 is 0 Å². The van der Waals surface area contributed by atoms with Gasteiger partial charge in [-0.15, -0.1) is 0 Å². The first-order valence-corrected chi connectivity index (χ1v) is 12.4. The molecule has 1 N–H and O–H groups in total. The van der Waals surface area contributed by atoms with Crippen LogP contribution in [0.5, 0.6) is 0 Å². The number of anilines is 2. The third-order valence-electron chi connectivity index (χ3n) is 6.62. The number of likely N-dealkylation sites (N-methyl/N-ethyl adjacent to an activating group) is 1. The molecule has 2 aromatic carbocycles. The van der Waals surface area contributed by atoms with Gasteiger partial charge in [-0.2, -0.15) is 0 Å². The molecule has 9 nitrogen and oxygen atoms in total. The Labute approximate surface area is 219 Å². The number of carbonyl (C=O) groups excluding carboxylic acids is 2. The van der Waals surface area contributed by atoms with Crippen LogP contribution in [-0.2, 0) is 14.3 Å². The van der Waals surface area contributed by atoms with Crippen LogP contribution in [0.1, 0.15) is 12.8 Å². The maximum absolute atomic E-state index is 13.8. The van der Waals surface area contributed by atoms with Gasteiger partial charge in [-0.05, 0) is 49.0 Å². The first-order chi connectivity index (χ1) is 18.4. The van der Waals surface area contributed by atoms with E-state index in [1.807, 2.05) is 12.1 Å². The number of fused-ring (bicyclic) bond motifs is 1. The number of amides is 1. The van der Waals surface area contributed by atoms with E-state index >= 15 is 0 Å². The summed E-state index contributed by atoms with van der Waals surface area (Å²) in [6, 6.07) is 13.5. The Morgan fingerprint density at radius 1 is 0.974 bits per heavy atom. The highest BCUT2D eigenvalue weighted by molar-refractivity contribution is 6.06. The van der Waals surface area contributed by atoms with E-state index in [1.54, 1.807) is 24.3 Å². The molecule has 38 heavy (non-hydrogen) atoms. The second-order valence-corrected chi connectivity index (χ2v) is 9.18. The summed E-state index contributed by atoms with van der Waals surface area (Å²) in [7, 11) is 3.38. The Bertz CT molecular complexity index is 1440. The number of ether oxygens (including phenoxy) is 1. The highest BCUT2D eigenvalue weighted by Crippen LogP contribution is 2.43. The molecule has 5 rings (SSSR count). The van der Waals surface area contributed by atoms with E-state index in [0.29, 0.717) is 17.2 Å². The molecule has 196 valence electrons. The molecule has 0 saturated carbocycles. The number of nitrogens with one attached hydrogen (secondary N) is 1. The van der Waals surface area contributed by atoms with Crippen molar-refractivity contribution in [3.8, 4) is 22.5 Å². The van der Waals surface area contributed by atoms with Crippen molar-refractivity contribution in [2.75, 3.05) is 50.6 Å². The van der Waals surface area contributed by atoms with Gasteiger partial charge < -0.3 is 24.3 Å². The maximum atomic E-state index is 13.8. The molecular weight excluding hydrogens is 489 g/mol. The van der Waals surface area contributed by atoms with E-state index in [-0.39, 0.29) is 24.6 Å². The zero-order valence-electron chi connectivity index (χ0n) is 21.2. The number of hydrogen-bond donors (Lipinski definition) is 1. The Morgan fingerprint density at radius 3 is 2.34 bits per heavy atom. The van der Waals surface area contributed by atoms with Gasteiger partial charge in [0.05, 0.1) is 18.9 Å². The van der Waals surface area contributed by atoms with Crippen LogP contribution < -0.4 is 10.2 Å². The molecule has 3 heterocycles. The van der Waals surface area contributed by atoms with Gasteiger partial charge in [-0.3, -0.25) is 9.59 Å². The number of esters is 1. The molecule has 0 radical (unpaired) electrons. The summed E-state index contributed by atoms with van der Waals surface area (Å²) >= 11 is 0. The fourth-order valence-electron chi connectivity index (χ4n) is 4.52. The maximum Gasteiger partial charge on any atom is 0.306 e. The average molecular weight is 518 g/mol. The summed E-state index contributed by atoms with van der Waals surface area (Å²) in [4.78, 5) is 37.0. The van der Waals surface area contributed by atoms with Gasteiger partial charge in [-0.1, -0.05) is 12.1 Å². The fourth-order valence-corrected chi connectivity index (χ4v) is 4.52. The lowest BCUT2D eigenvalue weighted by molar-refractivity contribution is -0.141. The lowest BCUT2D eigenvalue weighted by Gasteiger charge is -2.33. The molecule has 1 saturated heterocycles. The Kier molecular flexibility index (Phi) is 7.32. The minimum absolute atomic E-state index is 0.0110. The van der Waals surface area contributed by atoms with E-state index in [2.05, 4.69) is 36.9 Å². The quantitative estimate of drug-likeness (QED) is 0.362. The zero-order valence-corrected chi connectivity index (χ0v) is 21.2. The van der Waals surface area contributed by atoms with Crippen LogP contribution in [0.2, 0.25) is 0 Å². The molecule has 0 bridgehead atoms. The predicted molar refractivity (Wildman–Crippen MR) is 142 cm³/mol. The van der Waals surface area contributed by atoms with Crippen LogP contribution in [0.15, 0.2) is 59.3 Å². The lowest BCUT2D eigenvalue weighted by Crippen LogP contribution is -2.44. The topological polar surface area (TPSA) is 101 Å². The van der Waals surface area contributed by atoms with Crippen molar-refractivity contribution in [3.05, 3.63) is 60.7 Å². The highest BCUT2D eigenvalue weighted by Gasteiger charge is 2.26. The van der Waals surface area contributed by atoms with Crippen LogP contribution in [0.4, 0.5) is 15.9 Å². The monoisotopic (exact) mass is 517 g/mol. The number of nitrogens with zero attached hydrogens (tertiary/aromatic N) is 4. The summed E-state index contributed by atoms with van der Waals surface area (Å²) in [5.41, 5.74) is 3.36. The van der Waals surface area contributed by atoms with Crippen molar-refractivity contribution in [1.82, 2.24) is 14.9 Å². The molecule has 10 heteroatoms. The molecule has 0 atom stereocenters. The van der Waals surface area contributed by atoms with Gasteiger partial charge >= 0.3 is 5.97 Å². The van der Waals surface area contributed by atoms with E-state index in [9.17, 15) is 14.0 Å². The van der Waals surface area contributed by atoms with Crippen molar-refractivity contribution < 1.29 is 23.1 Å². The fraction of sp³-hybridized carbons (Fsp3) is 0.286. The average Bonchev–Trinajstić information content (AvgIpc) is 3.33. The lowest BCUT2D eigenvalue weighted by atomic mass is 9.99. The summed E-state index contributed by atoms with van der Waals surface area (Å²) in [6.07, 6.45) is 1.54. The smallest absolute Gasteiger partial charge is 0.306 e. The molecule has 1 fully saturated rings.